The lowest BCUT2D eigenvalue weighted by Gasteiger charge is -2.06. The maximum Gasteiger partial charge on any atom is 0.446 e. The minimum absolute atomic E-state index is 0.141. The lowest BCUT2D eigenvalue weighted by Crippen LogP contribution is -2.02. The van der Waals surface area contributed by atoms with Gasteiger partial charge in [0.25, 0.3) is 5.88 Å². The Morgan fingerprint density at radius 3 is 2.60 bits per heavy atom. The second-order valence-electron chi connectivity index (χ2n) is 2.27. The maximum atomic E-state index is 12.1. The van der Waals surface area contributed by atoms with E-state index in [0.29, 0.717) is 0 Å². The van der Waals surface area contributed by atoms with E-state index in [1.807, 2.05) is 0 Å². The fourth-order valence-corrected chi connectivity index (χ4v) is 1.39. The van der Waals surface area contributed by atoms with Gasteiger partial charge < -0.3 is 4.74 Å². The van der Waals surface area contributed by atoms with E-state index in [9.17, 15) is 18.0 Å². The van der Waals surface area contributed by atoms with Crippen molar-refractivity contribution in [2.24, 2.45) is 10.2 Å². The van der Waals surface area contributed by atoms with Gasteiger partial charge in [-0.2, -0.15) is 13.2 Å². The van der Waals surface area contributed by atoms with Crippen LogP contribution in [0.15, 0.2) is 26.7 Å². The minimum Gasteiger partial charge on any atom is -0.476 e. The quantitative estimate of drug-likeness (QED) is 0.710. The van der Waals surface area contributed by atoms with Gasteiger partial charge in [0.1, 0.15) is 4.91 Å². The molecule has 0 fully saturated rings. The minimum atomic E-state index is -4.52. The van der Waals surface area contributed by atoms with Crippen LogP contribution < -0.4 is 0 Å². The molecule has 0 atom stereocenters. The third-order valence-electron chi connectivity index (χ3n) is 1.25. The zero-order valence-electron chi connectivity index (χ0n) is 7.46. The number of hydrogen-bond donors (Lipinski definition) is 0. The van der Waals surface area contributed by atoms with Gasteiger partial charge in [-0.25, -0.2) is 4.79 Å². The van der Waals surface area contributed by atoms with Crippen molar-refractivity contribution in [1.82, 2.24) is 0 Å². The summed E-state index contributed by atoms with van der Waals surface area (Å²) >= 11 is -0.487. The van der Waals surface area contributed by atoms with Crippen LogP contribution in [0.4, 0.5) is 13.2 Å². The van der Waals surface area contributed by atoms with E-state index in [1.165, 1.54) is 5.94 Å². The van der Waals surface area contributed by atoms with Crippen LogP contribution in [0.25, 0.3) is 0 Å². The summed E-state index contributed by atoms with van der Waals surface area (Å²) in [5, 5.41) is 6.52. The van der Waals surface area contributed by atoms with Gasteiger partial charge in [0.05, 0.1) is 6.61 Å². The first-order chi connectivity index (χ1) is 6.98. The second kappa shape index (κ2) is 4.50. The molecule has 0 aromatic rings. The molecule has 0 bridgehead atoms. The van der Waals surface area contributed by atoms with Crippen LogP contribution in [0.1, 0.15) is 6.92 Å². The van der Waals surface area contributed by atoms with Crippen molar-refractivity contribution >= 4 is 17.7 Å². The molecule has 1 rings (SSSR count). The highest BCUT2D eigenvalue weighted by molar-refractivity contribution is 8.04. The largest absolute Gasteiger partial charge is 0.476 e. The molecule has 1 aliphatic heterocycles. The van der Waals surface area contributed by atoms with Gasteiger partial charge in [-0.3, -0.25) is 0 Å². The lowest BCUT2D eigenvalue weighted by atomic mass is 10.5. The highest BCUT2D eigenvalue weighted by atomic mass is 32.2. The topological polar surface area (TPSA) is 51.0 Å². The van der Waals surface area contributed by atoms with Gasteiger partial charge in [0, 0.05) is 0 Å². The molecule has 0 saturated heterocycles. The van der Waals surface area contributed by atoms with Crippen LogP contribution in [0.5, 0.6) is 0 Å². The SMILES string of the molecule is CCOC1=C(SC(F)(F)F)C(=C=O)N=N1. The molecule has 0 aromatic carbocycles. The average Bonchev–Trinajstić information content (AvgIpc) is 2.47. The Hall–Kier alpha value is -1.27. The van der Waals surface area contributed by atoms with Crippen molar-refractivity contribution in [2.45, 2.75) is 12.4 Å². The van der Waals surface area contributed by atoms with Crippen molar-refractivity contribution < 1.29 is 22.7 Å². The molecular formula is C7H5F3N2O2S. The molecule has 0 amide bonds. The van der Waals surface area contributed by atoms with Crippen molar-refractivity contribution in [1.29, 1.82) is 0 Å². The molecule has 8 heteroatoms. The van der Waals surface area contributed by atoms with Crippen LogP contribution in [0.3, 0.4) is 0 Å². The highest BCUT2D eigenvalue weighted by Gasteiger charge is 2.36. The Kier molecular flexibility index (Phi) is 3.54. The molecule has 1 heterocycles. The Bertz CT molecular complexity index is 369. The fraction of sp³-hybridized carbons (Fsp3) is 0.429. The number of carbonyl (C=O) groups excluding carboxylic acids is 1. The standard InChI is InChI=1S/C7H5F3N2O2S/c1-2-14-6-5(15-7(8,9)10)4(3-13)11-12-6/h2H2,1H3. The van der Waals surface area contributed by atoms with Gasteiger partial charge in [-0.05, 0) is 18.7 Å². The molecular weight excluding hydrogens is 233 g/mol. The van der Waals surface area contributed by atoms with E-state index in [1.54, 1.807) is 6.92 Å². The van der Waals surface area contributed by atoms with Gasteiger partial charge in [-0.1, -0.05) is 0 Å². The number of thioether (sulfide) groups is 1. The monoisotopic (exact) mass is 238 g/mol. The molecule has 0 spiro atoms. The Labute approximate surface area is 86.9 Å². The summed E-state index contributed by atoms with van der Waals surface area (Å²) in [6.07, 6.45) is 0. The van der Waals surface area contributed by atoms with E-state index >= 15 is 0 Å². The number of ether oxygens (including phenoxy) is 1. The summed E-state index contributed by atoms with van der Waals surface area (Å²) in [6.45, 7) is 1.73. The molecule has 1 aliphatic rings. The molecule has 15 heavy (non-hydrogen) atoms. The Morgan fingerprint density at radius 1 is 1.47 bits per heavy atom. The van der Waals surface area contributed by atoms with Crippen molar-refractivity contribution in [2.75, 3.05) is 6.61 Å². The van der Waals surface area contributed by atoms with Crippen molar-refractivity contribution in [3.8, 4) is 0 Å². The van der Waals surface area contributed by atoms with Gasteiger partial charge in [0.15, 0.2) is 11.6 Å². The fourth-order valence-electron chi connectivity index (χ4n) is 0.793. The van der Waals surface area contributed by atoms with Crippen molar-refractivity contribution in [3.63, 3.8) is 0 Å². The first-order valence-electron chi connectivity index (χ1n) is 3.78. The third-order valence-corrected chi connectivity index (χ3v) is 2.05. The highest BCUT2D eigenvalue weighted by Crippen LogP contribution is 2.43. The number of azo groups is 1. The summed E-state index contributed by atoms with van der Waals surface area (Å²) in [5.74, 6) is 0.979. The summed E-state index contributed by atoms with van der Waals surface area (Å²) in [5.41, 5.74) is -5.00. The molecule has 0 aromatic heterocycles. The number of halogens is 3. The molecule has 82 valence electrons. The number of nitrogens with zero attached hydrogens (tertiary/aromatic N) is 2. The number of hydrogen-bond acceptors (Lipinski definition) is 5. The zero-order chi connectivity index (χ0) is 11.5. The third kappa shape index (κ3) is 3.10. The molecule has 0 saturated carbocycles. The van der Waals surface area contributed by atoms with E-state index in [4.69, 9.17) is 4.74 Å². The summed E-state index contributed by atoms with van der Waals surface area (Å²) < 4.78 is 41.0. The Balaban J connectivity index is 2.97. The predicted octanol–water partition coefficient (Wildman–Crippen LogP) is 2.63. The van der Waals surface area contributed by atoms with Crippen LogP contribution in [-0.4, -0.2) is 18.1 Å². The van der Waals surface area contributed by atoms with Gasteiger partial charge in [-0.15, -0.1) is 10.2 Å². The molecule has 0 unspecified atom stereocenters. The number of alkyl halides is 3. The van der Waals surface area contributed by atoms with E-state index < -0.39 is 27.9 Å². The van der Waals surface area contributed by atoms with Crippen LogP contribution in [0, 0.1) is 0 Å². The molecule has 0 radical (unpaired) electrons. The van der Waals surface area contributed by atoms with Gasteiger partial charge in [0.2, 0.25) is 0 Å². The molecule has 0 N–H and O–H groups in total. The Morgan fingerprint density at radius 2 is 2.13 bits per heavy atom. The molecule has 0 aliphatic carbocycles. The normalized spacial score (nSPS) is 15.9. The predicted molar refractivity (Wildman–Crippen MR) is 46.4 cm³/mol. The first-order valence-corrected chi connectivity index (χ1v) is 4.59. The van der Waals surface area contributed by atoms with Crippen LogP contribution in [-0.2, 0) is 9.53 Å². The summed E-state index contributed by atoms with van der Waals surface area (Å²) in [4.78, 5) is 9.82. The first kappa shape index (κ1) is 11.8. The van der Waals surface area contributed by atoms with Crippen LogP contribution >= 0.6 is 11.8 Å². The smallest absolute Gasteiger partial charge is 0.446 e. The van der Waals surface area contributed by atoms with Crippen molar-refractivity contribution in [3.05, 3.63) is 16.5 Å². The maximum absolute atomic E-state index is 12.1. The average molecular weight is 238 g/mol. The van der Waals surface area contributed by atoms with E-state index in [0.717, 1.165) is 0 Å². The van der Waals surface area contributed by atoms with Gasteiger partial charge >= 0.3 is 5.51 Å². The second-order valence-corrected chi connectivity index (χ2v) is 3.34. The lowest BCUT2D eigenvalue weighted by molar-refractivity contribution is -0.0322. The van der Waals surface area contributed by atoms with E-state index in [2.05, 4.69) is 10.2 Å². The van der Waals surface area contributed by atoms with Crippen LogP contribution in [0.2, 0.25) is 0 Å². The number of rotatable bonds is 3. The molecule has 4 nitrogen and oxygen atoms in total. The zero-order valence-corrected chi connectivity index (χ0v) is 8.28. The van der Waals surface area contributed by atoms with E-state index in [-0.39, 0.29) is 12.5 Å². The summed E-state index contributed by atoms with van der Waals surface area (Å²) in [7, 11) is 0. The summed E-state index contributed by atoms with van der Waals surface area (Å²) in [6, 6.07) is 0.